The van der Waals surface area contributed by atoms with Gasteiger partial charge in [-0.05, 0) is 37.3 Å². The molecule has 25 heavy (non-hydrogen) atoms. The van der Waals surface area contributed by atoms with Crippen molar-refractivity contribution in [1.29, 1.82) is 0 Å². The quantitative estimate of drug-likeness (QED) is 0.613. The molecule has 7 heteroatoms. The third-order valence-electron chi connectivity index (χ3n) is 3.98. The summed E-state index contributed by atoms with van der Waals surface area (Å²) in [6, 6.07) is 14.9. The molecule has 0 fully saturated rings. The number of benzene rings is 2. The van der Waals surface area contributed by atoms with Crippen LogP contribution in [-0.4, -0.2) is 25.3 Å². The van der Waals surface area contributed by atoms with Crippen LogP contribution in [0.15, 0.2) is 61.1 Å². The molecular formula is C18H14ClN5O. The lowest BCUT2D eigenvalue weighted by molar-refractivity contribution is 0.101. The van der Waals surface area contributed by atoms with E-state index in [9.17, 15) is 4.79 Å². The molecule has 4 aromatic rings. The van der Waals surface area contributed by atoms with Gasteiger partial charge in [0.2, 0.25) is 0 Å². The van der Waals surface area contributed by atoms with Gasteiger partial charge in [-0.2, -0.15) is 5.10 Å². The van der Waals surface area contributed by atoms with Crippen LogP contribution in [0.5, 0.6) is 0 Å². The van der Waals surface area contributed by atoms with Crippen molar-refractivity contribution in [3.8, 4) is 5.69 Å². The van der Waals surface area contributed by atoms with Crippen LogP contribution in [0.1, 0.15) is 16.1 Å². The molecular weight excluding hydrogens is 338 g/mol. The van der Waals surface area contributed by atoms with Crippen LogP contribution in [0.25, 0.3) is 16.7 Å². The molecule has 1 amide bonds. The molecule has 2 heterocycles. The maximum atomic E-state index is 12.6. The van der Waals surface area contributed by atoms with E-state index in [0.717, 1.165) is 22.4 Å². The zero-order valence-electron chi connectivity index (χ0n) is 13.3. The normalized spacial score (nSPS) is 11.0. The lowest BCUT2D eigenvalue weighted by Gasteiger charge is -2.08. The average Bonchev–Trinajstić information content (AvgIpc) is 3.19. The summed E-state index contributed by atoms with van der Waals surface area (Å²) < 4.78 is 3.29. The SMILES string of the molecule is Cc1c(C(=O)Nn2cnc3ccccc32)cnn1-c1cccc(Cl)c1. The highest BCUT2D eigenvalue weighted by Crippen LogP contribution is 2.18. The van der Waals surface area contributed by atoms with Gasteiger partial charge in [0.15, 0.2) is 0 Å². The second kappa shape index (κ2) is 6.07. The lowest BCUT2D eigenvalue weighted by atomic mass is 10.2. The molecule has 0 aliphatic carbocycles. The second-order valence-corrected chi connectivity index (χ2v) is 6.02. The number of nitrogens with one attached hydrogen (secondary N) is 1. The molecule has 0 aliphatic heterocycles. The van der Waals surface area contributed by atoms with Gasteiger partial charge in [0.05, 0.1) is 34.2 Å². The maximum absolute atomic E-state index is 12.6. The third kappa shape index (κ3) is 2.77. The first-order chi connectivity index (χ1) is 12.1. The first-order valence-corrected chi connectivity index (χ1v) is 8.05. The van der Waals surface area contributed by atoms with Gasteiger partial charge < -0.3 is 0 Å². The van der Waals surface area contributed by atoms with Crippen LogP contribution in [0.3, 0.4) is 0 Å². The molecule has 0 unspecified atom stereocenters. The highest BCUT2D eigenvalue weighted by atomic mass is 35.5. The van der Waals surface area contributed by atoms with E-state index < -0.39 is 0 Å². The number of halogens is 1. The van der Waals surface area contributed by atoms with Gasteiger partial charge in [-0.15, -0.1) is 0 Å². The summed E-state index contributed by atoms with van der Waals surface area (Å²) in [5.41, 5.74) is 6.49. The van der Waals surface area contributed by atoms with E-state index in [1.54, 1.807) is 34.0 Å². The summed E-state index contributed by atoms with van der Waals surface area (Å²) in [5.74, 6) is -0.256. The topological polar surface area (TPSA) is 64.7 Å². The average molecular weight is 352 g/mol. The Morgan fingerprint density at radius 2 is 2.00 bits per heavy atom. The predicted octanol–water partition coefficient (Wildman–Crippen LogP) is 3.57. The molecule has 6 nitrogen and oxygen atoms in total. The molecule has 2 aromatic carbocycles. The minimum Gasteiger partial charge on any atom is -0.267 e. The number of fused-ring (bicyclic) bond motifs is 1. The van der Waals surface area contributed by atoms with E-state index in [1.165, 1.54) is 0 Å². The van der Waals surface area contributed by atoms with E-state index in [4.69, 9.17) is 11.6 Å². The second-order valence-electron chi connectivity index (χ2n) is 5.58. The molecule has 0 aliphatic rings. The Labute approximate surface area is 148 Å². The van der Waals surface area contributed by atoms with E-state index in [0.29, 0.717) is 10.6 Å². The molecule has 0 atom stereocenters. The van der Waals surface area contributed by atoms with E-state index in [-0.39, 0.29) is 5.91 Å². The molecule has 0 saturated heterocycles. The largest absolute Gasteiger partial charge is 0.273 e. The standard InChI is InChI=1S/C18H14ClN5O/c1-12-15(10-21-24(12)14-6-4-5-13(19)9-14)18(25)22-23-11-20-16-7-2-3-8-17(16)23/h2-11H,1H3,(H,22,25). The summed E-state index contributed by atoms with van der Waals surface area (Å²) in [6.45, 7) is 1.84. The van der Waals surface area contributed by atoms with E-state index in [1.807, 2.05) is 43.3 Å². The van der Waals surface area contributed by atoms with Gasteiger partial charge >= 0.3 is 0 Å². The van der Waals surface area contributed by atoms with E-state index >= 15 is 0 Å². The van der Waals surface area contributed by atoms with Crippen LogP contribution in [-0.2, 0) is 0 Å². The van der Waals surface area contributed by atoms with Crippen LogP contribution >= 0.6 is 11.6 Å². The van der Waals surface area contributed by atoms with Crippen LogP contribution in [0.2, 0.25) is 5.02 Å². The summed E-state index contributed by atoms with van der Waals surface area (Å²) in [5, 5.41) is 4.93. The number of hydrogen-bond donors (Lipinski definition) is 1. The fourth-order valence-corrected chi connectivity index (χ4v) is 2.90. The first kappa shape index (κ1) is 15.4. The molecule has 0 saturated carbocycles. The Morgan fingerprint density at radius 1 is 1.16 bits per heavy atom. The van der Waals surface area contributed by atoms with Crippen molar-refractivity contribution in [2.45, 2.75) is 6.92 Å². The Kier molecular flexibility index (Phi) is 3.74. The van der Waals surface area contributed by atoms with Gasteiger partial charge in [-0.25, -0.2) is 14.3 Å². The van der Waals surface area contributed by atoms with Gasteiger partial charge in [-0.3, -0.25) is 10.2 Å². The summed E-state index contributed by atoms with van der Waals surface area (Å²) in [4.78, 5) is 16.9. The molecule has 0 spiro atoms. The molecule has 1 N–H and O–H groups in total. The maximum Gasteiger partial charge on any atom is 0.273 e. The monoisotopic (exact) mass is 351 g/mol. The molecule has 0 radical (unpaired) electrons. The fraction of sp³-hybridized carbons (Fsp3) is 0.0556. The van der Waals surface area contributed by atoms with Crippen molar-refractivity contribution in [2.75, 3.05) is 5.43 Å². The third-order valence-corrected chi connectivity index (χ3v) is 4.22. The Bertz CT molecular complexity index is 1080. The Hall–Kier alpha value is -3.12. The minimum atomic E-state index is -0.256. The minimum absolute atomic E-state index is 0.256. The van der Waals surface area contributed by atoms with Gasteiger partial charge in [-0.1, -0.05) is 29.8 Å². The van der Waals surface area contributed by atoms with Gasteiger partial charge in [0.25, 0.3) is 5.91 Å². The van der Waals surface area contributed by atoms with Crippen molar-refractivity contribution >= 4 is 28.5 Å². The molecule has 4 rings (SSSR count). The van der Waals surface area contributed by atoms with Crippen molar-refractivity contribution in [1.82, 2.24) is 19.4 Å². The smallest absolute Gasteiger partial charge is 0.267 e. The summed E-state index contributed by atoms with van der Waals surface area (Å²) in [7, 11) is 0. The van der Waals surface area contributed by atoms with Crippen molar-refractivity contribution in [2.24, 2.45) is 0 Å². The lowest BCUT2D eigenvalue weighted by Crippen LogP contribution is -2.22. The zero-order chi connectivity index (χ0) is 17.4. The number of rotatable bonds is 3. The Balaban J connectivity index is 1.65. The van der Waals surface area contributed by atoms with Crippen LogP contribution < -0.4 is 5.43 Å². The number of aromatic nitrogens is 4. The number of imidazole rings is 1. The highest BCUT2D eigenvalue weighted by molar-refractivity contribution is 6.30. The summed E-state index contributed by atoms with van der Waals surface area (Å²) in [6.07, 6.45) is 3.13. The predicted molar refractivity (Wildman–Crippen MR) is 96.7 cm³/mol. The number of nitrogens with zero attached hydrogens (tertiary/aromatic N) is 4. The number of carbonyl (C=O) groups excluding carboxylic acids is 1. The van der Waals surface area contributed by atoms with Gasteiger partial charge in [0.1, 0.15) is 6.33 Å². The van der Waals surface area contributed by atoms with Crippen LogP contribution in [0.4, 0.5) is 0 Å². The van der Waals surface area contributed by atoms with Crippen molar-refractivity contribution in [3.05, 3.63) is 77.3 Å². The molecule has 2 aromatic heterocycles. The van der Waals surface area contributed by atoms with Crippen LogP contribution in [0, 0.1) is 6.92 Å². The number of amides is 1. The number of para-hydroxylation sites is 2. The van der Waals surface area contributed by atoms with Gasteiger partial charge in [0, 0.05) is 5.02 Å². The number of carbonyl (C=O) groups is 1. The zero-order valence-corrected chi connectivity index (χ0v) is 14.1. The fourth-order valence-electron chi connectivity index (χ4n) is 2.72. The summed E-state index contributed by atoms with van der Waals surface area (Å²) >= 11 is 6.04. The van der Waals surface area contributed by atoms with E-state index in [2.05, 4.69) is 15.5 Å². The van der Waals surface area contributed by atoms with Crippen molar-refractivity contribution in [3.63, 3.8) is 0 Å². The van der Waals surface area contributed by atoms with Crippen molar-refractivity contribution < 1.29 is 4.79 Å². The number of hydrogen-bond acceptors (Lipinski definition) is 3. The molecule has 124 valence electrons. The molecule has 0 bridgehead atoms. The first-order valence-electron chi connectivity index (χ1n) is 7.67. The Morgan fingerprint density at radius 3 is 2.84 bits per heavy atom. The highest BCUT2D eigenvalue weighted by Gasteiger charge is 2.16.